The van der Waals surface area contributed by atoms with Crippen molar-refractivity contribution in [3.05, 3.63) is 35.4 Å². The van der Waals surface area contributed by atoms with Crippen LogP contribution in [0.4, 0.5) is 0 Å². The van der Waals surface area contributed by atoms with Crippen molar-refractivity contribution < 1.29 is 4.79 Å². The van der Waals surface area contributed by atoms with Crippen LogP contribution in [0.2, 0.25) is 0 Å². The lowest BCUT2D eigenvalue weighted by Crippen LogP contribution is -2.37. The third kappa shape index (κ3) is 3.97. The summed E-state index contributed by atoms with van der Waals surface area (Å²) < 4.78 is 0. The monoisotopic (exact) mass is 279 g/mol. The first-order chi connectivity index (χ1) is 9.13. The second-order valence-electron chi connectivity index (χ2n) is 5.78. The lowest BCUT2D eigenvalue weighted by molar-refractivity contribution is -0.120. The molecule has 0 radical (unpaired) electrons. The van der Waals surface area contributed by atoms with Gasteiger partial charge < -0.3 is 5.32 Å². The van der Waals surface area contributed by atoms with Gasteiger partial charge in [-0.2, -0.15) is 0 Å². The number of halogens is 1. The van der Waals surface area contributed by atoms with Crippen LogP contribution in [0.25, 0.3) is 0 Å². The topological polar surface area (TPSA) is 29.1 Å². The van der Waals surface area contributed by atoms with Crippen molar-refractivity contribution in [3.8, 4) is 0 Å². The Labute approximate surface area is 120 Å². The number of alkyl halides is 1. The Morgan fingerprint density at radius 2 is 2.11 bits per heavy atom. The molecule has 0 bridgehead atoms. The minimum atomic E-state index is 0.0991. The first kappa shape index (κ1) is 14.4. The molecule has 0 heterocycles. The normalized spacial score (nSPS) is 17.4. The fourth-order valence-electron chi connectivity index (χ4n) is 2.84. The van der Waals surface area contributed by atoms with Gasteiger partial charge in [-0.1, -0.05) is 42.7 Å². The highest BCUT2D eigenvalue weighted by Gasteiger charge is 2.33. The second kappa shape index (κ2) is 6.42. The molecule has 1 amide bonds. The molecule has 19 heavy (non-hydrogen) atoms. The number of rotatable bonds is 5. The number of carbonyl (C=O) groups is 1. The van der Waals surface area contributed by atoms with Gasteiger partial charge in [0, 0.05) is 17.8 Å². The highest BCUT2D eigenvalue weighted by Crippen LogP contribution is 2.38. The predicted molar refractivity (Wildman–Crippen MR) is 79.5 cm³/mol. The molecular weight excluding hydrogens is 258 g/mol. The minimum Gasteiger partial charge on any atom is -0.355 e. The van der Waals surface area contributed by atoms with Crippen molar-refractivity contribution in [1.82, 2.24) is 5.32 Å². The van der Waals surface area contributed by atoms with Crippen molar-refractivity contribution >= 4 is 17.5 Å². The zero-order chi connectivity index (χ0) is 13.7. The molecule has 2 nitrogen and oxygen atoms in total. The van der Waals surface area contributed by atoms with Crippen LogP contribution in [0, 0.1) is 12.3 Å². The van der Waals surface area contributed by atoms with E-state index in [1.807, 2.05) is 25.1 Å². The van der Waals surface area contributed by atoms with E-state index in [1.165, 1.54) is 18.4 Å². The van der Waals surface area contributed by atoms with E-state index in [0.717, 1.165) is 24.9 Å². The van der Waals surface area contributed by atoms with E-state index in [9.17, 15) is 4.79 Å². The lowest BCUT2D eigenvalue weighted by atomic mass is 9.88. The lowest BCUT2D eigenvalue weighted by Gasteiger charge is -2.26. The summed E-state index contributed by atoms with van der Waals surface area (Å²) in [6.07, 6.45) is 5.21. The zero-order valence-electron chi connectivity index (χ0n) is 11.5. The van der Waals surface area contributed by atoms with Crippen LogP contribution >= 0.6 is 11.6 Å². The van der Waals surface area contributed by atoms with E-state index in [2.05, 4.69) is 11.4 Å². The van der Waals surface area contributed by atoms with Gasteiger partial charge in [-0.25, -0.2) is 0 Å². The first-order valence-electron chi connectivity index (χ1n) is 7.02. The molecule has 1 aromatic carbocycles. The van der Waals surface area contributed by atoms with Crippen LogP contribution in [0.15, 0.2) is 24.3 Å². The molecule has 0 aromatic heterocycles. The SMILES string of the molecule is Cc1cccc(CC(=O)NCC2(CCl)CCCC2)c1. The fraction of sp³-hybridized carbons (Fsp3) is 0.562. The molecule has 0 spiro atoms. The number of hydrogen-bond donors (Lipinski definition) is 1. The molecular formula is C16H22ClNO. The van der Waals surface area contributed by atoms with Gasteiger partial charge in [0.1, 0.15) is 0 Å². The quantitative estimate of drug-likeness (QED) is 0.822. The van der Waals surface area contributed by atoms with Crippen molar-refractivity contribution in [3.63, 3.8) is 0 Å². The van der Waals surface area contributed by atoms with Crippen LogP contribution in [0.3, 0.4) is 0 Å². The largest absolute Gasteiger partial charge is 0.355 e. The summed E-state index contributed by atoms with van der Waals surface area (Å²) in [5.74, 6) is 0.750. The fourth-order valence-corrected chi connectivity index (χ4v) is 3.20. The molecule has 1 saturated carbocycles. The summed E-state index contributed by atoms with van der Waals surface area (Å²) in [5, 5.41) is 3.06. The Hall–Kier alpha value is -1.02. The maximum atomic E-state index is 12.0. The van der Waals surface area contributed by atoms with Gasteiger partial charge in [-0.15, -0.1) is 11.6 Å². The maximum absolute atomic E-state index is 12.0. The third-order valence-electron chi connectivity index (χ3n) is 4.06. The number of aryl methyl sites for hydroxylation is 1. The highest BCUT2D eigenvalue weighted by molar-refractivity contribution is 6.18. The third-order valence-corrected chi connectivity index (χ3v) is 4.62. The smallest absolute Gasteiger partial charge is 0.224 e. The minimum absolute atomic E-state index is 0.0991. The Bertz CT molecular complexity index is 438. The summed E-state index contributed by atoms with van der Waals surface area (Å²) in [4.78, 5) is 12.0. The van der Waals surface area contributed by atoms with Gasteiger partial charge >= 0.3 is 0 Å². The van der Waals surface area contributed by atoms with Gasteiger partial charge in [0.25, 0.3) is 0 Å². The second-order valence-corrected chi connectivity index (χ2v) is 6.05. The molecule has 1 N–H and O–H groups in total. The molecule has 2 rings (SSSR count). The first-order valence-corrected chi connectivity index (χ1v) is 7.55. The van der Waals surface area contributed by atoms with Crippen LogP contribution in [0.5, 0.6) is 0 Å². The van der Waals surface area contributed by atoms with Crippen LogP contribution < -0.4 is 5.32 Å². The van der Waals surface area contributed by atoms with Crippen LogP contribution in [0.1, 0.15) is 36.8 Å². The standard InChI is InChI=1S/C16H22ClNO/c1-13-5-4-6-14(9-13)10-15(19)18-12-16(11-17)7-2-3-8-16/h4-6,9H,2-3,7-8,10-12H2,1H3,(H,18,19). The van der Waals surface area contributed by atoms with Gasteiger partial charge in [-0.3, -0.25) is 4.79 Å². The van der Waals surface area contributed by atoms with Crippen LogP contribution in [-0.2, 0) is 11.2 Å². The number of amides is 1. The molecule has 1 aromatic rings. The van der Waals surface area contributed by atoms with Gasteiger partial charge in [0.15, 0.2) is 0 Å². The van der Waals surface area contributed by atoms with Crippen molar-refractivity contribution in [2.45, 2.75) is 39.0 Å². The van der Waals surface area contributed by atoms with Crippen LogP contribution in [-0.4, -0.2) is 18.3 Å². The van der Waals surface area contributed by atoms with Gasteiger partial charge in [0.05, 0.1) is 6.42 Å². The van der Waals surface area contributed by atoms with E-state index in [0.29, 0.717) is 12.3 Å². The molecule has 1 fully saturated rings. The Morgan fingerprint density at radius 3 is 2.74 bits per heavy atom. The van der Waals surface area contributed by atoms with E-state index >= 15 is 0 Å². The number of nitrogens with one attached hydrogen (secondary N) is 1. The molecule has 0 unspecified atom stereocenters. The summed E-state index contributed by atoms with van der Waals surface area (Å²) in [7, 11) is 0. The van der Waals surface area contributed by atoms with Crippen molar-refractivity contribution in [1.29, 1.82) is 0 Å². The van der Waals surface area contributed by atoms with E-state index in [1.54, 1.807) is 0 Å². The molecule has 0 aliphatic heterocycles. The molecule has 0 atom stereocenters. The van der Waals surface area contributed by atoms with Crippen molar-refractivity contribution in [2.75, 3.05) is 12.4 Å². The molecule has 3 heteroatoms. The summed E-state index contributed by atoms with van der Waals surface area (Å²) in [5.41, 5.74) is 2.41. The van der Waals surface area contributed by atoms with Gasteiger partial charge in [-0.05, 0) is 25.3 Å². The molecule has 0 saturated heterocycles. The molecule has 104 valence electrons. The summed E-state index contributed by atoms with van der Waals surface area (Å²) in [6.45, 7) is 2.77. The average molecular weight is 280 g/mol. The average Bonchev–Trinajstić information content (AvgIpc) is 2.86. The Balaban J connectivity index is 1.84. The number of hydrogen-bond acceptors (Lipinski definition) is 1. The highest BCUT2D eigenvalue weighted by atomic mass is 35.5. The summed E-state index contributed by atoms with van der Waals surface area (Å²) in [6, 6.07) is 8.10. The maximum Gasteiger partial charge on any atom is 0.224 e. The van der Waals surface area contributed by atoms with E-state index in [4.69, 9.17) is 11.6 Å². The van der Waals surface area contributed by atoms with E-state index in [-0.39, 0.29) is 11.3 Å². The van der Waals surface area contributed by atoms with Gasteiger partial charge in [0.2, 0.25) is 5.91 Å². The molecule has 1 aliphatic rings. The number of benzene rings is 1. The summed E-state index contributed by atoms with van der Waals surface area (Å²) >= 11 is 6.08. The predicted octanol–water partition coefficient (Wildman–Crippen LogP) is 3.45. The molecule has 1 aliphatic carbocycles. The zero-order valence-corrected chi connectivity index (χ0v) is 12.3. The van der Waals surface area contributed by atoms with E-state index < -0.39 is 0 Å². The number of carbonyl (C=O) groups excluding carboxylic acids is 1. The Kier molecular flexibility index (Phi) is 4.87. The van der Waals surface area contributed by atoms with Crippen molar-refractivity contribution in [2.24, 2.45) is 5.41 Å². The Morgan fingerprint density at radius 1 is 1.37 bits per heavy atom.